The molecule has 1 aromatic carbocycles. The Morgan fingerprint density at radius 3 is 2.38 bits per heavy atom. The molecule has 0 radical (unpaired) electrons. The Kier molecular flexibility index (Phi) is 4.50. The molecule has 0 bridgehead atoms. The van der Waals surface area contributed by atoms with Gasteiger partial charge in [-0.3, -0.25) is 4.79 Å². The van der Waals surface area contributed by atoms with Gasteiger partial charge in [-0.1, -0.05) is 0 Å². The quantitative estimate of drug-likeness (QED) is 0.759. The molecule has 8 heteroatoms. The molecule has 2 aromatic heterocycles. The predicted molar refractivity (Wildman–Crippen MR) is 90.2 cm³/mol. The third-order valence-corrected chi connectivity index (χ3v) is 3.76. The smallest absolute Gasteiger partial charge is 0.433 e. The molecule has 0 unspecified atom stereocenters. The highest BCUT2D eigenvalue weighted by atomic mass is 19.4. The molecule has 0 aliphatic rings. The highest BCUT2D eigenvalue weighted by molar-refractivity contribution is 6.04. The number of alkyl halides is 3. The van der Waals surface area contributed by atoms with Crippen molar-refractivity contribution < 1.29 is 22.7 Å². The molecule has 1 amide bonds. The van der Waals surface area contributed by atoms with Crippen LogP contribution in [0.5, 0.6) is 5.75 Å². The number of nitrogens with one attached hydrogen (secondary N) is 1. The minimum atomic E-state index is -4.57. The Hall–Kier alpha value is -3.16. The molecule has 134 valence electrons. The summed E-state index contributed by atoms with van der Waals surface area (Å²) in [7, 11) is 1.51. The standard InChI is InChI=1S/C18H14F3N3O2/c1-10-9-14(18(19,20)21)22-16-13(10)7-8-15(23-16)24-17(25)11-3-5-12(26-2)6-4-11/h3-9H,1-2H3,(H,22,23,24,25). The zero-order chi connectivity index (χ0) is 18.9. The molecule has 0 aliphatic heterocycles. The predicted octanol–water partition coefficient (Wildman–Crippen LogP) is 4.22. The van der Waals surface area contributed by atoms with Crippen LogP contribution in [-0.4, -0.2) is 23.0 Å². The van der Waals surface area contributed by atoms with Crippen molar-refractivity contribution in [2.24, 2.45) is 0 Å². The van der Waals surface area contributed by atoms with Gasteiger partial charge in [-0.25, -0.2) is 9.97 Å². The molecule has 5 nitrogen and oxygen atoms in total. The first-order valence-corrected chi connectivity index (χ1v) is 7.59. The van der Waals surface area contributed by atoms with E-state index in [0.717, 1.165) is 6.07 Å². The van der Waals surface area contributed by atoms with Gasteiger partial charge in [0.25, 0.3) is 5.91 Å². The number of benzene rings is 1. The van der Waals surface area contributed by atoms with Crippen molar-refractivity contribution in [3.05, 3.63) is 59.3 Å². The summed E-state index contributed by atoms with van der Waals surface area (Å²) in [6.45, 7) is 1.55. The van der Waals surface area contributed by atoms with E-state index in [1.807, 2.05) is 0 Å². The average Bonchev–Trinajstić information content (AvgIpc) is 2.60. The number of aryl methyl sites for hydroxylation is 1. The Balaban J connectivity index is 1.91. The molecule has 3 aromatic rings. The summed E-state index contributed by atoms with van der Waals surface area (Å²) in [6.07, 6.45) is -4.57. The van der Waals surface area contributed by atoms with Crippen molar-refractivity contribution in [3.8, 4) is 5.75 Å². The molecule has 0 saturated heterocycles. The first-order valence-electron chi connectivity index (χ1n) is 7.59. The summed E-state index contributed by atoms with van der Waals surface area (Å²) in [5.74, 6) is 0.275. The fraction of sp³-hybridized carbons (Fsp3) is 0.167. The number of halogens is 3. The van der Waals surface area contributed by atoms with E-state index in [9.17, 15) is 18.0 Å². The number of hydrogen-bond acceptors (Lipinski definition) is 4. The zero-order valence-corrected chi connectivity index (χ0v) is 13.9. The number of hydrogen-bond donors (Lipinski definition) is 1. The number of aromatic nitrogens is 2. The van der Waals surface area contributed by atoms with Gasteiger partial charge in [-0.2, -0.15) is 13.2 Å². The van der Waals surface area contributed by atoms with Crippen molar-refractivity contribution in [2.75, 3.05) is 12.4 Å². The van der Waals surface area contributed by atoms with E-state index < -0.39 is 17.8 Å². The molecular formula is C18H14F3N3O2. The first-order chi connectivity index (χ1) is 12.3. The highest BCUT2D eigenvalue weighted by Crippen LogP contribution is 2.30. The maximum Gasteiger partial charge on any atom is 0.433 e. The molecule has 0 aliphatic carbocycles. The van der Waals surface area contributed by atoms with Crippen LogP contribution >= 0.6 is 0 Å². The number of ether oxygens (including phenoxy) is 1. The number of carbonyl (C=O) groups excluding carboxylic acids is 1. The van der Waals surface area contributed by atoms with E-state index in [-0.39, 0.29) is 11.5 Å². The summed E-state index contributed by atoms with van der Waals surface area (Å²) in [6, 6.07) is 10.5. The molecular weight excluding hydrogens is 347 g/mol. The number of anilines is 1. The molecule has 0 atom stereocenters. The van der Waals surface area contributed by atoms with Gasteiger partial charge in [0.2, 0.25) is 0 Å². The second-order valence-corrected chi connectivity index (χ2v) is 5.57. The van der Waals surface area contributed by atoms with Gasteiger partial charge in [-0.15, -0.1) is 0 Å². The molecule has 1 N–H and O–H groups in total. The van der Waals surface area contributed by atoms with E-state index in [4.69, 9.17) is 4.74 Å². The minimum Gasteiger partial charge on any atom is -0.497 e. The number of amides is 1. The van der Waals surface area contributed by atoms with E-state index in [0.29, 0.717) is 22.3 Å². The van der Waals surface area contributed by atoms with Crippen LogP contribution in [0.3, 0.4) is 0 Å². The van der Waals surface area contributed by atoms with Crippen molar-refractivity contribution in [3.63, 3.8) is 0 Å². The maximum absolute atomic E-state index is 12.9. The van der Waals surface area contributed by atoms with Crippen LogP contribution in [0.1, 0.15) is 21.6 Å². The SMILES string of the molecule is COc1ccc(C(=O)Nc2ccc3c(C)cc(C(F)(F)F)nc3n2)cc1. The van der Waals surface area contributed by atoms with Crippen molar-refractivity contribution in [1.82, 2.24) is 9.97 Å². The lowest BCUT2D eigenvalue weighted by Crippen LogP contribution is -2.13. The molecule has 0 fully saturated rings. The minimum absolute atomic E-state index is 0.0788. The largest absolute Gasteiger partial charge is 0.497 e. The van der Waals surface area contributed by atoms with Gasteiger partial charge in [0, 0.05) is 10.9 Å². The lowest BCUT2D eigenvalue weighted by Gasteiger charge is -2.10. The van der Waals surface area contributed by atoms with E-state index in [1.54, 1.807) is 37.3 Å². The molecule has 26 heavy (non-hydrogen) atoms. The van der Waals surface area contributed by atoms with Crippen molar-refractivity contribution in [1.29, 1.82) is 0 Å². The number of pyridine rings is 2. The zero-order valence-electron chi connectivity index (χ0n) is 13.9. The summed E-state index contributed by atoms with van der Waals surface area (Å²) in [4.78, 5) is 19.9. The number of nitrogens with zero attached hydrogens (tertiary/aromatic N) is 2. The second kappa shape index (κ2) is 6.62. The van der Waals surface area contributed by atoms with Crippen molar-refractivity contribution >= 4 is 22.8 Å². The monoisotopic (exact) mass is 361 g/mol. The van der Waals surface area contributed by atoms with E-state index in [2.05, 4.69) is 15.3 Å². The van der Waals surface area contributed by atoms with Crippen LogP contribution in [0.4, 0.5) is 19.0 Å². The third kappa shape index (κ3) is 3.58. The summed E-state index contributed by atoms with van der Waals surface area (Å²) < 4.78 is 43.8. The molecule has 3 rings (SSSR count). The van der Waals surface area contributed by atoms with Crippen LogP contribution in [0.2, 0.25) is 0 Å². The van der Waals surface area contributed by atoms with Gasteiger partial charge < -0.3 is 10.1 Å². The van der Waals surface area contributed by atoms with Gasteiger partial charge in [0.15, 0.2) is 5.65 Å². The van der Waals surface area contributed by atoms with Crippen LogP contribution < -0.4 is 10.1 Å². The van der Waals surface area contributed by atoms with E-state index in [1.165, 1.54) is 13.2 Å². The fourth-order valence-electron chi connectivity index (χ4n) is 2.42. The van der Waals surface area contributed by atoms with Crippen molar-refractivity contribution in [2.45, 2.75) is 13.1 Å². The van der Waals surface area contributed by atoms with E-state index >= 15 is 0 Å². The Morgan fingerprint density at radius 1 is 1.08 bits per heavy atom. The normalized spacial score (nSPS) is 11.4. The lowest BCUT2D eigenvalue weighted by atomic mass is 10.1. The van der Waals surface area contributed by atoms with Gasteiger partial charge >= 0.3 is 6.18 Å². The van der Waals surface area contributed by atoms with Crippen LogP contribution in [0, 0.1) is 6.92 Å². The Morgan fingerprint density at radius 2 is 1.77 bits per heavy atom. The first kappa shape index (κ1) is 17.7. The number of carbonyl (C=O) groups is 1. The molecule has 2 heterocycles. The average molecular weight is 361 g/mol. The number of methoxy groups -OCH3 is 1. The van der Waals surface area contributed by atoms with Crippen LogP contribution in [0.15, 0.2) is 42.5 Å². The van der Waals surface area contributed by atoms with Crippen LogP contribution in [0.25, 0.3) is 11.0 Å². The molecule has 0 spiro atoms. The number of fused-ring (bicyclic) bond motifs is 1. The Labute approximate surface area is 146 Å². The van der Waals surface area contributed by atoms with Gasteiger partial charge in [0.1, 0.15) is 17.3 Å². The van der Waals surface area contributed by atoms with Gasteiger partial charge in [0.05, 0.1) is 7.11 Å². The highest BCUT2D eigenvalue weighted by Gasteiger charge is 2.33. The summed E-state index contributed by atoms with van der Waals surface area (Å²) in [5.41, 5.74) is -0.331. The van der Waals surface area contributed by atoms with Crippen LogP contribution in [-0.2, 0) is 6.18 Å². The Bertz CT molecular complexity index is 970. The third-order valence-electron chi connectivity index (χ3n) is 3.76. The fourth-order valence-corrected chi connectivity index (χ4v) is 2.42. The second-order valence-electron chi connectivity index (χ2n) is 5.57. The topological polar surface area (TPSA) is 64.1 Å². The summed E-state index contributed by atoms with van der Waals surface area (Å²) in [5, 5.41) is 3.04. The number of rotatable bonds is 3. The maximum atomic E-state index is 12.9. The lowest BCUT2D eigenvalue weighted by molar-refractivity contribution is -0.141. The van der Waals surface area contributed by atoms with Gasteiger partial charge in [-0.05, 0) is 55.0 Å². The molecule has 0 saturated carbocycles. The summed E-state index contributed by atoms with van der Waals surface area (Å²) >= 11 is 0.